The van der Waals surface area contributed by atoms with Crippen molar-refractivity contribution in [1.82, 2.24) is 0 Å². The van der Waals surface area contributed by atoms with Crippen LogP contribution < -0.4 is 21.9 Å². The standard InChI is InChI=1S/C24BF20.C7H7N2S/c26-5-1(6(27)14(35)21(42)13(5)34)25(2-7(28)15(36)22(43)16(37)8(2)29,3-9(30)17(38)23(44)18(39)10(3)31)4-11(32)19(40)24(45)20(41)12(4)33;1-10-7-4-2-6(9-8)3-5-7/h;2-5H,1H3/q-1;+1. The van der Waals surface area contributed by atoms with E-state index in [1.165, 1.54) is 4.90 Å². The largest absolute Gasteiger partial charge is 0.385 e. The molecule has 55 heavy (non-hydrogen) atoms. The lowest BCUT2D eigenvalue weighted by Crippen LogP contribution is -2.81. The van der Waals surface area contributed by atoms with Gasteiger partial charge in [-0.2, -0.15) is 0 Å². The van der Waals surface area contributed by atoms with Gasteiger partial charge in [0.2, 0.25) is 5.39 Å². The minimum Gasteiger partial charge on any atom is -0.207 e. The van der Waals surface area contributed by atoms with Crippen molar-refractivity contribution < 1.29 is 87.8 Å². The van der Waals surface area contributed by atoms with E-state index in [9.17, 15) is 52.7 Å². The molecule has 0 radical (unpaired) electrons. The van der Waals surface area contributed by atoms with Crippen LogP contribution in [0.5, 0.6) is 0 Å². The average Bonchev–Trinajstić information content (AvgIpc) is 3.17. The summed E-state index contributed by atoms with van der Waals surface area (Å²) < 4.78 is 294. The highest BCUT2D eigenvalue weighted by Crippen LogP contribution is 2.31. The lowest BCUT2D eigenvalue weighted by molar-refractivity contribution is 0.378. The van der Waals surface area contributed by atoms with Crippen LogP contribution in [0, 0.1) is 122 Å². The minimum atomic E-state index is -7.22. The second kappa shape index (κ2) is 15.3. The lowest BCUT2D eigenvalue weighted by Gasteiger charge is -2.44. The number of benzene rings is 5. The van der Waals surface area contributed by atoms with Crippen molar-refractivity contribution in [2.24, 2.45) is 0 Å². The smallest absolute Gasteiger partial charge is 0.207 e. The second-order valence-corrected chi connectivity index (χ2v) is 11.5. The molecule has 0 atom stereocenters. The van der Waals surface area contributed by atoms with Crippen LogP contribution in [0.3, 0.4) is 0 Å². The fraction of sp³-hybridized carbons (Fsp3) is 0.0323. The van der Waals surface area contributed by atoms with Gasteiger partial charge < -0.3 is 0 Å². The Kier molecular flexibility index (Phi) is 11.8. The SMILES string of the molecule is CSc1ccc([N+]#N)cc1.Fc1c(F)c(F)c([B-](c2c(F)c(F)c(F)c(F)c2F)(c2c(F)c(F)c(F)c(F)c2F)c2c(F)c(F)c(F)c(F)c2F)c(F)c1F. The summed E-state index contributed by atoms with van der Waals surface area (Å²) >= 11 is 1.66. The van der Waals surface area contributed by atoms with Crippen molar-refractivity contribution in [1.29, 1.82) is 5.39 Å². The third-order valence-electron chi connectivity index (χ3n) is 7.89. The van der Waals surface area contributed by atoms with Crippen molar-refractivity contribution in [3.63, 3.8) is 0 Å². The maximum Gasteiger partial charge on any atom is 0.385 e. The van der Waals surface area contributed by atoms with E-state index in [1.807, 2.05) is 18.4 Å². The van der Waals surface area contributed by atoms with Gasteiger partial charge in [0.25, 0.3) is 0 Å². The Bertz CT molecular complexity index is 2050. The van der Waals surface area contributed by atoms with Gasteiger partial charge in [0.1, 0.15) is 52.7 Å². The molecule has 0 saturated carbocycles. The van der Waals surface area contributed by atoms with Crippen LogP contribution in [0.15, 0.2) is 29.2 Å². The summed E-state index contributed by atoms with van der Waals surface area (Å²) in [6.45, 7) is 0. The Morgan fingerprint density at radius 3 is 0.691 bits per heavy atom. The molecule has 0 unspecified atom stereocenters. The number of nitrogens with zero attached hydrogens (tertiary/aromatic N) is 2. The van der Waals surface area contributed by atoms with Crippen molar-refractivity contribution in [3.05, 3.63) is 146 Å². The quantitative estimate of drug-likeness (QED) is 0.0443. The highest BCUT2D eigenvalue weighted by atomic mass is 32.2. The molecule has 0 spiro atoms. The number of rotatable bonds is 5. The molecule has 0 fully saturated rings. The van der Waals surface area contributed by atoms with Crippen molar-refractivity contribution >= 4 is 45.4 Å². The van der Waals surface area contributed by atoms with E-state index < -0.39 is 144 Å². The van der Waals surface area contributed by atoms with Crippen molar-refractivity contribution in [3.8, 4) is 0 Å². The van der Waals surface area contributed by atoms with E-state index in [1.54, 1.807) is 23.9 Å². The molecule has 24 heteroatoms. The third-order valence-corrected chi connectivity index (χ3v) is 8.64. The van der Waals surface area contributed by atoms with E-state index in [0.717, 1.165) is 0 Å². The van der Waals surface area contributed by atoms with Crippen molar-refractivity contribution in [2.75, 3.05) is 6.26 Å². The molecule has 0 saturated heterocycles. The Labute approximate surface area is 295 Å². The normalized spacial score (nSPS) is 11.4. The summed E-state index contributed by atoms with van der Waals surface area (Å²) in [5.41, 5.74) is -13.7. The molecule has 290 valence electrons. The van der Waals surface area contributed by atoms with E-state index in [4.69, 9.17) is 5.39 Å². The number of hydrogen-bond donors (Lipinski definition) is 0. The molecule has 0 aliphatic rings. The van der Waals surface area contributed by atoms with Crippen LogP contribution in [0.25, 0.3) is 4.98 Å². The molecule has 0 aliphatic carbocycles. The molecule has 0 heterocycles. The Morgan fingerprint density at radius 2 is 0.527 bits per heavy atom. The molecule has 5 aromatic rings. The summed E-state index contributed by atoms with van der Waals surface area (Å²) in [6.07, 6.45) is -5.21. The van der Waals surface area contributed by atoms with Gasteiger partial charge in [-0.25, -0.2) is 87.8 Å². The highest BCUT2D eigenvalue weighted by molar-refractivity contribution is 7.98. The van der Waals surface area contributed by atoms with Gasteiger partial charge in [-0.05, 0) is 18.4 Å². The first-order chi connectivity index (χ1) is 25.6. The summed E-state index contributed by atoms with van der Waals surface area (Å²) in [4.78, 5) is 4.21. The zero-order valence-electron chi connectivity index (χ0n) is 25.7. The van der Waals surface area contributed by atoms with E-state index in [-0.39, 0.29) is 0 Å². The average molecular weight is 830 g/mol. The first kappa shape index (κ1) is 42.3. The molecule has 5 aromatic carbocycles. The zero-order valence-corrected chi connectivity index (χ0v) is 26.6. The Morgan fingerprint density at radius 1 is 0.345 bits per heavy atom. The monoisotopic (exact) mass is 830 g/mol. The van der Waals surface area contributed by atoms with Crippen LogP contribution in [0.4, 0.5) is 93.5 Å². The van der Waals surface area contributed by atoms with Crippen LogP contribution in [-0.2, 0) is 0 Å². The fourth-order valence-corrected chi connectivity index (χ4v) is 5.93. The molecule has 0 amide bonds. The van der Waals surface area contributed by atoms with Crippen molar-refractivity contribution in [2.45, 2.75) is 4.90 Å². The Balaban J connectivity index is 0.000000583. The van der Waals surface area contributed by atoms with Gasteiger partial charge in [0, 0.05) is 17.0 Å². The van der Waals surface area contributed by atoms with E-state index in [0.29, 0.717) is 5.69 Å². The molecule has 0 bridgehead atoms. The third kappa shape index (κ3) is 6.36. The summed E-state index contributed by atoms with van der Waals surface area (Å²) in [7, 11) is 0. The minimum absolute atomic E-state index is 0.595. The van der Waals surface area contributed by atoms with E-state index >= 15 is 35.1 Å². The van der Waals surface area contributed by atoms with E-state index in [2.05, 4.69) is 4.98 Å². The number of halogens is 20. The van der Waals surface area contributed by atoms with Gasteiger partial charge in [0.15, 0.2) is 74.8 Å². The molecule has 2 nitrogen and oxygen atoms in total. The summed E-state index contributed by atoms with van der Waals surface area (Å²) in [5, 5.41) is 8.32. The fourth-order valence-electron chi connectivity index (χ4n) is 5.52. The van der Waals surface area contributed by atoms with Crippen LogP contribution in [0.2, 0.25) is 0 Å². The van der Waals surface area contributed by atoms with Gasteiger partial charge in [-0.15, -0.1) is 33.6 Å². The van der Waals surface area contributed by atoms with Crippen LogP contribution >= 0.6 is 11.8 Å². The molecule has 5 rings (SSSR count). The van der Waals surface area contributed by atoms with Gasteiger partial charge in [-0.1, -0.05) is 0 Å². The Hall–Kier alpha value is -5.47. The number of thioether (sulfide) groups is 1. The number of diazo groups is 1. The molecular formula is C31H7BF20N2S. The molecule has 0 aliphatic heterocycles. The van der Waals surface area contributed by atoms with Gasteiger partial charge >= 0.3 is 5.69 Å². The zero-order chi connectivity index (χ0) is 41.8. The molecule has 0 aromatic heterocycles. The first-order valence-electron chi connectivity index (χ1n) is 13.8. The lowest BCUT2D eigenvalue weighted by atomic mass is 9.12. The first-order valence-corrected chi connectivity index (χ1v) is 15.0. The van der Waals surface area contributed by atoms with Crippen LogP contribution in [-0.4, -0.2) is 12.4 Å². The summed E-state index contributed by atoms with van der Waals surface area (Å²) in [5.74, 6) is -71.4. The van der Waals surface area contributed by atoms with Gasteiger partial charge in [-0.3, -0.25) is 0 Å². The maximum absolute atomic E-state index is 15.4. The second-order valence-electron chi connectivity index (χ2n) is 10.6. The van der Waals surface area contributed by atoms with Gasteiger partial charge in [0.05, 0.1) is 0 Å². The predicted molar refractivity (Wildman–Crippen MR) is 152 cm³/mol. The molecular weight excluding hydrogens is 823 g/mol. The molecule has 0 N–H and O–H groups in total. The summed E-state index contributed by atoms with van der Waals surface area (Å²) in [6, 6.07) is 7.37. The van der Waals surface area contributed by atoms with Crippen LogP contribution in [0.1, 0.15) is 0 Å². The maximum atomic E-state index is 15.4. The number of hydrogen-bond acceptors (Lipinski definition) is 2. The highest BCUT2D eigenvalue weighted by Gasteiger charge is 2.52. The topological polar surface area (TPSA) is 28.1 Å². The predicted octanol–water partition coefficient (Wildman–Crippen LogP) is 8.74.